The molecule has 0 bridgehead atoms. The number of para-hydroxylation sites is 1. The number of fused-ring (bicyclic) bond motifs is 1. The van der Waals surface area contributed by atoms with Crippen LogP contribution >= 0.6 is 0 Å². The molecular formula is C23H24N2O5S. The highest BCUT2D eigenvalue weighted by molar-refractivity contribution is 7.96. The van der Waals surface area contributed by atoms with Gasteiger partial charge >= 0.3 is 5.97 Å². The molecule has 4 rings (SSSR count). The number of hydrogen-bond acceptors (Lipinski definition) is 6. The Morgan fingerprint density at radius 2 is 1.74 bits per heavy atom. The second-order valence-corrected chi connectivity index (χ2v) is 9.74. The lowest BCUT2D eigenvalue weighted by Crippen LogP contribution is -2.41. The van der Waals surface area contributed by atoms with E-state index in [-0.39, 0.29) is 9.80 Å². The number of benzene rings is 2. The fourth-order valence-electron chi connectivity index (χ4n) is 3.91. The summed E-state index contributed by atoms with van der Waals surface area (Å²) in [5, 5.41) is 0. The number of carbonyl (C=O) groups excluding carboxylic acids is 2. The molecule has 2 aromatic rings. The number of piperidine rings is 1. The Morgan fingerprint density at radius 3 is 2.45 bits per heavy atom. The molecule has 1 saturated heterocycles. The van der Waals surface area contributed by atoms with E-state index in [1.165, 1.54) is 19.4 Å². The second-order valence-electron chi connectivity index (χ2n) is 7.85. The third-order valence-corrected chi connectivity index (χ3v) is 7.56. The quantitative estimate of drug-likeness (QED) is 0.680. The predicted molar refractivity (Wildman–Crippen MR) is 117 cm³/mol. The van der Waals surface area contributed by atoms with Gasteiger partial charge in [-0.1, -0.05) is 25.1 Å². The van der Waals surface area contributed by atoms with Crippen LogP contribution in [-0.4, -0.2) is 45.4 Å². The molecular weight excluding hydrogens is 416 g/mol. The molecule has 8 heteroatoms. The van der Waals surface area contributed by atoms with Gasteiger partial charge in [-0.05, 0) is 49.1 Å². The van der Waals surface area contributed by atoms with Gasteiger partial charge in [-0.25, -0.2) is 13.2 Å². The zero-order chi connectivity index (χ0) is 22.2. The van der Waals surface area contributed by atoms with E-state index in [1.807, 2.05) is 0 Å². The van der Waals surface area contributed by atoms with Crippen LogP contribution in [0.1, 0.15) is 30.1 Å². The van der Waals surface area contributed by atoms with Crippen LogP contribution in [0.5, 0.6) is 0 Å². The van der Waals surface area contributed by atoms with E-state index in [0.717, 1.165) is 12.8 Å². The zero-order valence-corrected chi connectivity index (χ0v) is 18.3. The van der Waals surface area contributed by atoms with Crippen LogP contribution in [-0.2, 0) is 19.4 Å². The highest BCUT2D eigenvalue weighted by Gasteiger charge is 2.38. The van der Waals surface area contributed by atoms with Gasteiger partial charge in [0.15, 0.2) is 4.91 Å². The van der Waals surface area contributed by atoms with Crippen molar-refractivity contribution in [2.75, 3.05) is 25.1 Å². The lowest BCUT2D eigenvalue weighted by Gasteiger charge is -2.33. The third-order valence-electron chi connectivity index (χ3n) is 5.78. The minimum Gasteiger partial charge on any atom is -0.465 e. The van der Waals surface area contributed by atoms with Crippen molar-refractivity contribution in [3.05, 3.63) is 65.2 Å². The number of esters is 1. The Balaban J connectivity index is 1.82. The number of anilines is 2. The first-order chi connectivity index (χ1) is 14.8. The maximum Gasteiger partial charge on any atom is 0.337 e. The number of amides is 1. The molecule has 2 aromatic carbocycles. The van der Waals surface area contributed by atoms with E-state index in [0.29, 0.717) is 35.9 Å². The summed E-state index contributed by atoms with van der Waals surface area (Å²) in [5.41, 5.74) is 1.31. The summed E-state index contributed by atoms with van der Waals surface area (Å²) in [4.78, 5) is 28.3. The number of rotatable bonds is 3. The molecule has 7 nitrogen and oxygen atoms in total. The van der Waals surface area contributed by atoms with Gasteiger partial charge in [0, 0.05) is 25.0 Å². The van der Waals surface area contributed by atoms with Crippen molar-refractivity contribution in [1.29, 1.82) is 0 Å². The average Bonchev–Trinajstić information content (AvgIpc) is 2.79. The molecule has 1 amide bonds. The van der Waals surface area contributed by atoms with Crippen molar-refractivity contribution in [1.82, 2.24) is 4.90 Å². The van der Waals surface area contributed by atoms with Crippen molar-refractivity contribution in [2.45, 2.75) is 24.7 Å². The van der Waals surface area contributed by atoms with Gasteiger partial charge in [-0.3, -0.25) is 4.79 Å². The van der Waals surface area contributed by atoms with Gasteiger partial charge in [-0.15, -0.1) is 0 Å². The third kappa shape index (κ3) is 3.83. The highest BCUT2D eigenvalue weighted by Crippen LogP contribution is 2.40. The van der Waals surface area contributed by atoms with Crippen molar-refractivity contribution < 1.29 is 22.7 Å². The first-order valence-electron chi connectivity index (χ1n) is 10.2. The number of likely N-dealkylation sites (tertiary alicyclic amines) is 1. The smallest absolute Gasteiger partial charge is 0.337 e. The Labute approximate surface area is 181 Å². The van der Waals surface area contributed by atoms with Gasteiger partial charge in [0.05, 0.1) is 23.3 Å². The lowest BCUT2D eigenvalue weighted by atomic mass is 9.99. The summed E-state index contributed by atoms with van der Waals surface area (Å²) < 4.78 is 31.5. The fourth-order valence-corrected chi connectivity index (χ4v) is 5.45. The molecule has 0 atom stereocenters. The molecule has 2 aliphatic rings. The predicted octanol–water partition coefficient (Wildman–Crippen LogP) is 3.50. The van der Waals surface area contributed by atoms with Crippen LogP contribution in [0.3, 0.4) is 0 Å². The minimum absolute atomic E-state index is 0.0645. The second kappa shape index (κ2) is 8.19. The van der Waals surface area contributed by atoms with E-state index in [4.69, 9.17) is 4.74 Å². The fraction of sp³-hybridized carbons (Fsp3) is 0.304. The maximum absolute atomic E-state index is 13.3. The van der Waals surface area contributed by atoms with E-state index in [1.54, 1.807) is 52.3 Å². The Hall–Kier alpha value is -3.13. The van der Waals surface area contributed by atoms with Crippen LogP contribution in [0.25, 0.3) is 0 Å². The standard InChI is InChI=1S/C23H24N2O5S/c1-16-10-12-24(13-11-16)22(26)21-15-25(18-7-5-6-17(14-18)23(27)30-2)19-8-3-4-9-20(19)31(21,28)29/h3-9,14-16H,10-13H2,1-2H3. The number of ether oxygens (including phenoxy) is 1. The first-order valence-corrected chi connectivity index (χ1v) is 11.6. The van der Waals surface area contributed by atoms with Crippen LogP contribution in [0.15, 0.2) is 64.5 Å². The van der Waals surface area contributed by atoms with Crippen molar-refractivity contribution >= 4 is 33.1 Å². The molecule has 0 spiro atoms. The Kier molecular flexibility index (Phi) is 5.58. The molecule has 2 heterocycles. The number of carbonyl (C=O) groups is 2. The number of methoxy groups -OCH3 is 1. The summed E-state index contributed by atoms with van der Waals surface area (Å²) in [6.45, 7) is 3.20. The summed E-state index contributed by atoms with van der Waals surface area (Å²) in [7, 11) is -2.68. The Bertz CT molecular complexity index is 1160. The summed E-state index contributed by atoms with van der Waals surface area (Å²) >= 11 is 0. The summed E-state index contributed by atoms with van der Waals surface area (Å²) in [5.74, 6) is -0.475. The highest BCUT2D eigenvalue weighted by atomic mass is 32.2. The molecule has 0 unspecified atom stereocenters. The monoisotopic (exact) mass is 440 g/mol. The Morgan fingerprint density at radius 1 is 1.03 bits per heavy atom. The first kappa shape index (κ1) is 21.1. The van der Waals surface area contributed by atoms with Crippen LogP contribution in [0.4, 0.5) is 11.4 Å². The number of nitrogens with zero attached hydrogens (tertiary/aromatic N) is 2. The molecule has 0 aromatic heterocycles. The molecule has 1 fully saturated rings. The molecule has 0 radical (unpaired) electrons. The number of hydrogen-bond donors (Lipinski definition) is 0. The molecule has 0 aliphatic carbocycles. The van der Waals surface area contributed by atoms with Crippen LogP contribution < -0.4 is 4.90 Å². The minimum atomic E-state index is -3.98. The molecule has 31 heavy (non-hydrogen) atoms. The average molecular weight is 441 g/mol. The van der Waals surface area contributed by atoms with E-state index < -0.39 is 21.7 Å². The van der Waals surface area contributed by atoms with Gasteiger partial charge in [0.2, 0.25) is 9.84 Å². The van der Waals surface area contributed by atoms with Gasteiger partial charge in [-0.2, -0.15) is 0 Å². The SMILES string of the molecule is COC(=O)c1cccc(N2C=C(C(=O)N3CCC(C)CC3)S(=O)(=O)c3ccccc32)c1. The summed E-state index contributed by atoms with van der Waals surface area (Å²) in [6, 6.07) is 13.2. The molecule has 0 saturated carbocycles. The largest absolute Gasteiger partial charge is 0.465 e. The van der Waals surface area contributed by atoms with Crippen molar-refractivity contribution in [3.8, 4) is 0 Å². The van der Waals surface area contributed by atoms with E-state index in [9.17, 15) is 18.0 Å². The summed E-state index contributed by atoms with van der Waals surface area (Å²) in [6.07, 6.45) is 3.06. The number of sulfone groups is 1. The van der Waals surface area contributed by atoms with Gasteiger partial charge in [0.25, 0.3) is 5.91 Å². The normalized spacial score (nSPS) is 18.2. The zero-order valence-electron chi connectivity index (χ0n) is 17.4. The van der Waals surface area contributed by atoms with E-state index in [2.05, 4.69) is 6.92 Å². The van der Waals surface area contributed by atoms with Crippen LogP contribution in [0.2, 0.25) is 0 Å². The molecule has 2 aliphatic heterocycles. The topological polar surface area (TPSA) is 84.0 Å². The maximum atomic E-state index is 13.3. The van der Waals surface area contributed by atoms with Gasteiger partial charge in [0.1, 0.15) is 0 Å². The van der Waals surface area contributed by atoms with Crippen molar-refractivity contribution in [2.24, 2.45) is 5.92 Å². The van der Waals surface area contributed by atoms with Gasteiger partial charge < -0.3 is 14.5 Å². The lowest BCUT2D eigenvalue weighted by molar-refractivity contribution is -0.127. The van der Waals surface area contributed by atoms with Crippen molar-refractivity contribution in [3.63, 3.8) is 0 Å². The molecule has 0 N–H and O–H groups in total. The van der Waals surface area contributed by atoms with Crippen LogP contribution in [0, 0.1) is 5.92 Å². The van der Waals surface area contributed by atoms with E-state index >= 15 is 0 Å². The molecule has 162 valence electrons.